The van der Waals surface area contributed by atoms with E-state index in [1.165, 1.54) is 0 Å². The highest BCUT2D eigenvalue weighted by molar-refractivity contribution is 6.32. The Morgan fingerprint density at radius 2 is 1.87 bits per heavy atom. The molecule has 1 heterocycles. The summed E-state index contributed by atoms with van der Waals surface area (Å²) in [5.41, 5.74) is 7.14. The van der Waals surface area contributed by atoms with Gasteiger partial charge in [0, 0.05) is 0 Å². The van der Waals surface area contributed by atoms with Gasteiger partial charge < -0.3 is 5.73 Å². The van der Waals surface area contributed by atoms with Gasteiger partial charge in [-0.05, 0) is 41.5 Å². The van der Waals surface area contributed by atoms with Crippen molar-refractivity contribution in [2.24, 2.45) is 17.1 Å². The van der Waals surface area contributed by atoms with Gasteiger partial charge in [-0.3, -0.25) is 0 Å². The predicted octanol–water partition coefficient (Wildman–Crippen LogP) is 3.09. The second kappa shape index (κ2) is 3.62. The van der Waals surface area contributed by atoms with Crippen LogP contribution in [0.5, 0.6) is 0 Å². The molecule has 82 valence electrons. The molecule has 0 amide bonds. The van der Waals surface area contributed by atoms with Crippen molar-refractivity contribution in [3.63, 3.8) is 0 Å². The fourth-order valence-electron chi connectivity index (χ4n) is 2.51. The van der Waals surface area contributed by atoms with Crippen molar-refractivity contribution in [1.29, 1.82) is 0 Å². The van der Waals surface area contributed by atoms with E-state index in [1.807, 2.05) is 12.1 Å². The topological polar surface area (TPSA) is 38.9 Å². The van der Waals surface area contributed by atoms with Gasteiger partial charge in [-0.2, -0.15) is 0 Å². The van der Waals surface area contributed by atoms with Crippen molar-refractivity contribution in [2.75, 3.05) is 6.54 Å². The van der Waals surface area contributed by atoms with Crippen LogP contribution < -0.4 is 5.73 Å². The highest BCUT2D eigenvalue weighted by Crippen LogP contribution is 2.64. The number of aromatic nitrogens is 1. The molecule has 1 aromatic heterocycles. The molecule has 2 rings (SSSR count). The van der Waals surface area contributed by atoms with Crippen LogP contribution in [0.15, 0.2) is 12.1 Å². The normalized spacial score (nSPS) is 27.8. The average molecular weight is 245 g/mol. The summed E-state index contributed by atoms with van der Waals surface area (Å²) in [5, 5.41) is 0.909. The van der Waals surface area contributed by atoms with Crippen LogP contribution in [-0.2, 0) is 0 Å². The van der Waals surface area contributed by atoms with Gasteiger partial charge in [0.15, 0.2) is 0 Å². The highest BCUT2D eigenvalue weighted by atomic mass is 35.5. The van der Waals surface area contributed by atoms with E-state index in [1.54, 1.807) is 0 Å². The summed E-state index contributed by atoms with van der Waals surface area (Å²) in [6.45, 7) is 5.14. The Hall–Kier alpha value is -0.310. The Kier molecular flexibility index (Phi) is 2.70. The molecule has 1 saturated carbocycles. The molecule has 1 aliphatic rings. The first kappa shape index (κ1) is 11.2. The number of hydrogen-bond donors (Lipinski definition) is 1. The number of rotatable bonds is 2. The maximum Gasteiger partial charge on any atom is 0.131 e. The lowest BCUT2D eigenvalue weighted by Crippen LogP contribution is -2.05. The second-order valence-electron chi connectivity index (χ2n) is 4.69. The summed E-state index contributed by atoms with van der Waals surface area (Å²) >= 11 is 11.8. The minimum atomic E-state index is 0.253. The Balaban J connectivity index is 2.32. The molecule has 0 aromatic carbocycles. The molecule has 0 spiro atoms. The monoisotopic (exact) mass is 244 g/mol. The predicted molar refractivity (Wildman–Crippen MR) is 63.3 cm³/mol. The maximum absolute atomic E-state index is 5.88. The molecule has 0 aliphatic heterocycles. The quantitative estimate of drug-likeness (QED) is 0.813. The summed E-state index contributed by atoms with van der Waals surface area (Å²) < 4.78 is 0. The van der Waals surface area contributed by atoms with E-state index >= 15 is 0 Å². The number of pyridine rings is 1. The van der Waals surface area contributed by atoms with Crippen LogP contribution in [0.3, 0.4) is 0 Å². The van der Waals surface area contributed by atoms with Crippen molar-refractivity contribution in [1.82, 2.24) is 4.98 Å². The smallest absolute Gasteiger partial charge is 0.131 e. The fraction of sp³-hybridized carbons (Fsp3) is 0.545. The molecule has 0 saturated heterocycles. The van der Waals surface area contributed by atoms with Gasteiger partial charge in [-0.25, -0.2) is 4.98 Å². The summed E-state index contributed by atoms with van der Waals surface area (Å²) in [7, 11) is 0. The minimum Gasteiger partial charge on any atom is -0.330 e. The summed E-state index contributed by atoms with van der Waals surface area (Å²) in [6.07, 6.45) is 0. The molecule has 2 N–H and O–H groups in total. The Labute approximate surface area is 99.8 Å². The summed E-state index contributed by atoms with van der Waals surface area (Å²) in [5.74, 6) is 0.979. The van der Waals surface area contributed by atoms with E-state index in [0.29, 0.717) is 28.7 Å². The van der Waals surface area contributed by atoms with Crippen molar-refractivity contribution in [2.45, 2.75) is 19.8 Å². The SMILES string of the molecule is CC1(C)C(CN)C1c1cc(Cl)nc(Cl)c1. The van der Waals surface area contributed by atoms with Gasteiger partial charge in [0.1, 0.15) is 10.3 Å². The van der Waals surface area contributed by atoms with Gasteiger partial charge in [0.2, 0.25) is 0 Å². The molecule has 0 bridgehead atoms. The molecule has 4 heteroatoms. The van der Waals surface area contributed by atoms with Gasteiger partial charge in [-0.15, -0.1) is 0 Å². The maximum atomic E-state index is 5.88. The largest absolute Gasteiger partial charge is 0.330 e. The first-order valence-corrected chi connectivity index (χ1v) is 5.75. The summed E-state index contributed by atoms with van der Waals surface area (Å²) in [6, 6.07) is 3.77. The number of nitrogens with zero attached hydrogens (tertiary/aromatic N) is 1. The third kappa shape index (κ3) is 1.86. The number of hydrogen-bond acceptors (Lipinski definition) is 2. The standard InChI is InChI=1S/C11H14Cl2N2/c1-11(2)7(5-14)10(11)6-3-8(12)15-9(13)4-6/h3-4,7,10H,5,14H2,1-2H3. The van der Waals surface area contributed by atoms with Crippen molar-refractivity contribution in [3.8, 4) is 0 Å². The number of nitrogens with two attached hydrogens (primary N) is 1. The molecule has 2 atom stereocenters. The zero-order valence-electron chi connectivity index (χ0n) is 8.80. The minimum absolute atomic E-state index is 0.253. The molecule has 15 heavy (non-hydrogen) atoms. The molecule has 1 fully saturated rings. The lowest BCUT2D eigenvalue weighted by molar-refractivity contribution is 0.558. The number of halogens is 2. The van der Waals surface area contributed by atoms with E-state index in [-0.39, 0.29) is 5.41 Å². The third-order valence-electron chi connectivity index (χ3n) is 3.45. The van der Waals surface area contributed by atoms with Crippen LogP contribution in [0.1, 0.15) is 25.3 Å². The van der Waals surface area contributed by atoms with Crippen LogP contribution in [0, 0.1) is 11.3 Å². The fourth-order valence-corrected chi connectivity index (χ4v) is 2.99. The van der Waals surface area contributed by atoms with Crippen LogP contribution in [0.2, 0.25) is 10.3 Å². The van der Waals surface area contributed by atoms with Gasteiger partial charge >= 0.3 is 0 Å². The van der Waals surface area contributed by atoms with Gasteiger partial charge in [0.05, 0.1) is 0 Å². The zero-order valence-corrected chi connectivity index (χ0v) is 10.3. The zero-order chi connectivity index (χ0) is 11.2. The molecule has 1 aliphatic carbocycles. The molecular weight excluding hydrogens is 231 g/mol. The first-order valence-electron chi connectivity index (χ1n) is 5.00. The van der Waals surface area contributed by atoms with Crippen LogP contribution in [0.4, 0.5) is 0 Å². The van der Waals surface area contributed by atoms with Crippen LogP contribution >= 0.6 is 23.2 Å². The van der Waals surface area contributed by atoms with Crippen molar-refractivity contribution < 1.29 is 0 Å². The molecular formula is C11H14Cl2N2. The second-order valence-corrected chi connectivity index (χ2v) is 5.46. The van der Waals surface area contributed by atoms with Crippen molar-refractivity contribution >= 4 is 23.2 Å². The van der Waals surface area contributed by atoms with E-state index in [4.69, 9.17) is 28.9 Å². The Bertz CT molecular complexity index is 370. The highest BCUT2D eigenvalue weighted by Gasteiger charge is 2.57. The van der Waals surface area contributed by atoms with Gasteiger partial charge in [0.25, 0.3) is 0 Å². The molecule has 0 radical (unpaired) electrons. The Morgan fingerprint density at radius 1 is 1.33 bits per heavy atom. The Morgan fingerprint density at radius 3 is 2.27 bits per heavy atom. The van der Waals surface area contributed by atoms with E-state index < -0.39 is 0 Å². The van der Waals surface area contributed by atoms with E-state index in [9.17, 15) is 0 Å². The lowest BCUT2D eigenvalue weighted by atomic mass is 10.0. The summed E-state index contributed by atoms with van der Waals surface area (Å²) in [4.78, 5) is 3.94. The van der Waals surface area contributed by atoms with E-state index in [0.717, 1.165) is 5.56 Å². The molecule has 2 nitrogen and oxygen atoms in total. The first-order chi connectivity index (χ1) is 6.96. The molecule has 1 aromatic rings. The average Bonchev–Trinajstić information content (AvgIpc) is 2.66. The van der Waals surface area contributed by atoms with Crippen molar-refractivity contribution in [3.05, 3.63) is 28.0 Å². The van der Waals surface area contributed by atoms with E-state index in [2.05, 4.69) is 18.8 Å². The third-order valence-corrected chi connectivity index (χ3v) is 3.84. The lowest BCUT2D eigenvalue weighted by Gasteiger charge is -2.04. The van der Waals surface area contributed by atoms with Crippen LogP contribution in [-0.4, -0.2) is 11.5 Å². The van der Waals surface area contributed by atoms with Gasteiger partial charge in [-0.1, -0.05) is 37.0 Å². The molecule has 2 unspecified atom stereocenters. The van der Waals surface area contributed by atoms with Crippen LogP contribution in [0.25, 0.3) is 0 Å².